The van der Waals surface area contributed by atoms with Crippen LogP contribution in [-0.2, 0) is 14.6 Å². The minimum atomic E-state index is -3.46. The van der Waals surface area contributed by atoms with E-state index in [-0.39, 0.29) is 0 Å². The number of methoxy groups -OCH3 is 1. The largest absolute Gasteiger partial charge is 0.365 e. The van der Waals surface area contributed by atoms with Crippen molar-refractivity contribution in [1.29, 1.82) is 0 Å². The first-order chi connectivity index (χ1) is 10.4. The topological polar surface area (TPSA) is 43.4 Å². The van der Waals surface area contributed by atoms with Gasteiger partial charge in [-0.3, -0.25) is 0 Å². The number of sulfone groups is 1. The van der Waals surface area contributed by atoms with Crippen molar-refractivity contribution in [2.45, 2.75) is 50.4 Å². The zero-order valence-corrected chi connectivity index (χ0v) is 14.7. The molecule has 0 amide bonds. The van der Waals surface area contributed by atoms with Crippen LogP contribution in [0.3, 0.4) is 0 Å². The lowest BCUT2D eigenvalue weighted by Crippen LogP contribution is -2.23. The van der Waals surface area contributed by atoms with Gasteiger partial charge >= 0.3 is 0 Å². The van der Waals surface area contributed by atoms with E-state index in [0.717, 1.165) is 12.8 Å². The van der Waals surface area contributed by atoms with Gasteiger partial charge in [-0.25, -0.2) is 8.42 Å². The van der Waals surface area contributed by atoms with Crippen molar-refractivity contribution >= 4 is 9.84 Å². The van der Waals surface area contributed by atoms with Crippen LogP contribution in [0.25, 0.3) is 0 Å². The van der Waals surface area contributed by atoms with E-state index in [1.165, 1.54) is 18.3 Å². The lowest BCUT2D eigenvalue weighted by Gasteiger charge is -2.15. The lowest BCUT2D eigenvalue weighted by atomic mass is 10.1. The zero-order valence-electron chi connectivity index (χ0n) is 13.9. The molecular weight excluding hydrogens is 296 g/mol. The first-order valence-corrected chi connectivity index (χ1v) is 9.03. The second-order valence-electron chi connectivity index (χ2n) is 5.63. The van der Waals surface area contributed by atoms with E-state index in [4.69, 9.17) is 4.74 Å². The van der Waals surface area contributed by atoms with Gasteiger partial charge in [-0.2, -0.15) is 0 Å². The maximum absolute atomic E-state index is 12.5. The number of rotatable bonds is 8. The normalized spacial score (nSPS) is 13.7. The third-order valence-corrected chi connectivity index (χ3v) is 5.44. The molecule has 0 heterocycles. The molecule has 22 heavy (non-hydrogen) atoms. The summed E-state index contributed by atoms with van der Waals surface area (Å²) in [6, 6.07) is 8.45. The van der Waals surface area contributed by atoms with Crippen LogP contribution in [0.1, 0.15) is 40.0 Å². The van der Waals surface area contributed by atoms with E-state index in [1.807, 2.05) is 13.0 Å². The second kappa shape index (κ2) is 8.91. The molecule has 1 aromatic rings. The van der Waals surface area contributed by atoms with Gasteiger partial charge in [0, 0.05) is 13.5 Å². The van der Waals surface area contributed by atoms with Crippen molar-refractivity contribution in [2.24, 2.45) is 0 Å². The molecule has 0 aliphatic carbocycles. The monoisotopic (exact) mass is 322 g/mol. The Labute approximate surface area is 134 Å². The Hall–Kier alpha value is -1.39. The van der Waals surface area contributed by atoms with Crippen molar-refractivity contribution in [1.82, 2.24) is 0 Å². The van der Waals surface area contributed by atoms with Gasteiger partial charge in [-0.05, 0) is 45.7 Å². The summed E-state index contributed by atoms with van der Waals surface area (Å²) in [7, 11) is -2.02. The standard InChI is InChI=1S/C18H26O3S/c1-15(2)9-8-10-16(3)13-14-18(21-4)22(19,20)17-11-6-5-7-12-17/h5-7,9,11-13,18H,8,10,14H2,1-4H3/b16-13+. The third-order valence-electron chi connectivity index (χ3n) is 3.43. The summed E-state index contributed by atoms with van der Waals surface area (Å²) in [4.78, 5) is 0.303. The van der Waals surface area contributed by atoms with Crippen LogP contribution in [0, 0.1) is 0 Å². The van der Waals surface area contributed by atoms with E-state index in [2.05, 4.69) is 19.9 Å². The fraction of sp³-hybridized carbons (Fsp3) is 0.444. The minimum Gasteiger partial charge on any atom is -0.365 e. The fourth-order valence-electron chi connectivity index (χ4n) is 2.10. The summed E-state index contributed by atoms with van der Waals surface area (Å²) in [5.41, 5.74) is 1.64. The molecule has 1 atom stereocenters. The van der Waals surface area contributed by atoms with Gasteiger partial charge in [0.15, 0.2) is 5.44 Å². The van der Waals surface area contributed by atoms with Gasteiger partial charge in [0.2, 0.25) is 9.84 Å². The molecule has 0 radical (unpaired) electrons. The molecule has 122 valence electrons. The molecule has 0 aliphatic rings. The van der Waals surface area contributed by atoms with Crippen molar-refractivity contribution in [2.75, 3.05) is 7.11 Å². The summed E-state index contributed by atoms with van der Waals surface area (Å²) in [6.07, 6.45) is 6.44. The first kappa shape index (κ1) is 18.7. The molecule has 4 heteroatoms. The average Bonchev–Trinajstić information content (AvgIpc) is 2.48. The van der Waals surface area contributed by atoms with E-state index >= 15 is 0 Å². The number of ether oxygens (including phenoxy) is 1. The highest BCUT2D eigenvalue weighted by molar-refractivity contribution is 7.91. The van der Waals surface area contributed by atoms with Gasteiger partial charge < -0.3 is 4.74 Å². The SMILES string of the molecule is COC(C/C=C(\C)CCC=C(C)C)S(=O)(=O)c1ccccc1. The number of benzene rings is 1. The molecule has 1 rings (SSSR count). The van der Waals surface area contributed by atoms with E-state index in [9.17, 15) is 8.42 Å². The molecule has 0 spiro atoms. The van der Waals surface area contributed by atoms with Gasteiger partial charge in [-0.15, -0.1) is 0 Å². The van der Waals surface area contributed by atoms with E-state index in [0.29, 0.717) is 11.3 Å². The van der Waals surface area contributed by atoms with Gasteiger partial charge in [0.1, 0.15) is 0 Å². The minimum absolute atomic E-state index is 0.303. The first-order valence-electron chi connectivity index (χ1n) is 7.48. The number of allylic oxidation sites excluding steroid dienone is 3. The van der Waals surface area contributed by atoms with Crippen molar-refractivity contribution < 1.29 is 13.2 Å². The Morgan fingerprint density at radius 2 is 1.77 bits per heavy atom. The third kappa shape index (κ3) is 5.78. The van der Waals surface area contributed by atoms with Crippen LogP contribution >= 0.6 is 0 Å². The number of hydrogen-bond donors (Lipinski definition) is 0. The predicted molar refractivity (Wildman–Crippen MR) is 91.5 cm³/mol. The van der Waals surface area contributed by atoms with E-state index < -0.39 is 15.3 Å². The van der Waals surface area contributed by atoms with Crippen LogP contribution in [-0.4, -0.2) is 21.0 Å². The highest BCUT2D eigenvalue weighted by Crippen LogP contribution is 2.20. The Balaban J connectivity index is 2.75. The highest BCUT2D eigenvalue weighted by atomic mass is 32.2. The molecule has 0 fully saturated rings. The second-order valence-corrected chi connectivity index (χ2v) is 7.72. The quantitative estimate of drug-likeness (QED) is 0.661. The van der Waals surface area contributed by atoms with Crippen molar-refractivity contribution in [3.63, 3.8) is 0 Å². The van der Waals surface area contributed by atoms with Crippen LogP contribution < -0.4 is 0 Å². The molecule has 1 unspecified atom stereocenters. The zero-order chi connectivity index (χ0) is 16.6. The van der Waals surface area contributed by atoms with E-state index in [1.54, 1.807) is 30.3 Å². The fourth-order valence-corrected chi connectivity index (χ4v) is 3.54. The molecule has 3 nitrogen and oxygen atoms in total. The molecule has 0 N–H and O–H groups in total. The molecule has 0 bridgehead atoms. The summed E-state index contributed by atoms with van der Waals surface area (Å²) < 4.78 is 30.2. The molecular formula is C18H26O3S. The maximum Gasteiger partial charge on any atom is 0.205 e. The Morgan fingerprint density at radius 1 is 1.14 bits per heavy atom. The Kier molecular flexibility index (Phi) is 7.56. The van der Waals surface area contributed by atoms with Crippen LogP contribution in [0.5, 0.6) is 0 Å². The van der Waals surface area contributed by atoms with Gasteiger partial charge in [0.05, 0.1) is 4.90 Å². The van der Waals surface area contributed by atoms with Crippen LogP contribution in [0.4, 0.5) is 0 Å². The highest BCUT2D eigenvalue weighted by Gasteiger charge is 2.26. The molecule has 0 aliphatic heterocycles. The van der Waals surface area contributed by atoms with Crippen molar-refractivity contribution in [3.05, 3.63) is 53.6 Å². The Bertz CT molecular complexity index is 609. The summed E-state index contributed by atoms with van der Waals surface area (Å²) in [5.74, 6) is 0. The summed E-state index contributed by atoms with van der Waals surface area (Å²) >= 11 is 0. The summed E-state index contributed by atoms with van der Waals surface area (Å²) in [5, 5.41) is 0. The average molecular weight is 322 g/mol. The van der Waals surface area contributed by atoms with Gasteiger partial charge in [0.25, 0.3) is 0 Å². The maximum atomic E-state index is 12.5. The molecule has 0 aromatic heterocycles. The number of hydrogen-bond acceptors (Lipinski definition) is 3. The molecule has 0 saturated carbocycles. The van der Waals surface area contributed by atoms with Crippen LogP contribution in [0.15, 0.2) is 58.5 Å². The molecule has 1 aromatic carbocycles. The molecule has 0 saturated heterocycles. The predicted octanol–water partition coefficient (Wildman–Crippen LogP) is 4.52. The smallest absolute Gasteiger partial charge is 0.205 e. The van der Waals surface area contributed by atoms with Crippen LogP contribution in [0.2, 0.25) is 0 Å². The lowest BCUT2D eigenvalue weighted by molar-refractivity contribution is 0.165. The van der Waals surface area contributed by atoms with Gasteiger partial charge in [-0.1, -0.05) is 41.5 Å². The van der Waals surface area contributed by atoms with Crippen molar-refractivity contribution in [3.8, 4) is 0 Å². The Morgan fingerprint density at radius 3 is 2.32 bits per heavy atom. The summed E-state index contributed by atoms with van der Waals surface area (Å²) in [6.45, 7) is 6.18.